The summed E-state index contributed by atoms with van der Waals surface area (Å²) in [5.41, 5.74) is 0.792. The van der Waals surface area contributed by atoms with Crippen LogP contribution < -0.4 is 9.64 Å². The first-order valence-corrected chi connectivity index (χ1v) is 8.65. The topological polar surface area (TPSA) is 63.7 Å². The summed E-state index contributed by atoms with van der Waals surface area (Å²) in [7, 11) is 0. The Hall–Kier alpha value is -2.47. The zero-order chi connectivity index (χ0) is 19.0. The van der Waals surface area contributed by atoms with Gasteiger partial charge in [0.1, 0.15) is 5.82 Å². The van der Waals surface area contributed by atoms with Crippen molar-refractivity contribution in [3.8, 4) is 5.75 Å². The lowest BCUT2D eigenvalue weighted by atomic mass is 9.93. The van der Waals surface area contributed by atoms with Gasteiger partial charge in [-0.05, 0) is 38.2 Å². The van der Waals surface area contributed by atoms with Gasteiger partial charge in [0.25, 0.3) is 11.8 Å². The quantitative estimate of drug-likeness (QED) is 0.346. The fourth-order valence-corrected chi connectivity index (χ4v) is 3.66. The van der Waals surface area contributed by atoms with Crippen molar-refractivity contribution in [2.75, 3.05) is 4.90 Å². The van der Waals surface area contributed by atoms with Crippen molar-refractivity contribution in [3.05, 3.63) is 46.3 Å². The van der Waals surface area contributed by atoms with Gasteiger partial charge >= 0.3 is 5.97 Å². The number of ether oxygens (including phenoxy) is 1. The highest BCUT2D eigenvalue weighted by atomic mass is 35.5. The molecule has 1 aromatic rings. The number of allylic oxidation sites excluding steroid dienone is 1. The maximum atomic E-state index is 14.8. The highest BCUT2D eigenvalue weighted by Gasteiger charge is 2.42. The Bertz CT molecular complexity index is 847. The van der Waals surface area contributed by atoms with Crippen LogP contribution in [0.5, 0.6) is 5.75 Å². The third-order valence-electron chi connectivity index (χ3n) is 4.46. The van der Waals surface area contributed by atoms with Gasteiger partial charge in [0, 0.05) is 23.6 Å². The van der Waals surface area contributed by atoms with Gasteiger partial charge in [-0.2, -0.15) is 0 Å². The Morgan fingerprint density at radius 2 is 1.88 bits per heavy atom. The minimum atomic E-state index is -0.829. The van der Waals surface area contributed by atoms with Gasteiger partial charge in [0.15, 0.2) is 5.75 Å². The number of amides is 2. The van der Waals surface area contributed by atoms with Crippen molar-refractivity contribution in [2.24, 2.45) is 0 Å². The van der Waals surface area contributed by atoms with Gasteiger partial charge in [0.05, 0.1) is 10.7 Å². The minimum absolute atomic E-state index is 0.0666. The Labute approximate surface area is 155 Å². The molecule has 0 aromatic heterocycles. The second-order valence-electron chi connectivity index (χ2n) is 6.19. The van der Waals surface area contributed by atoms with Crippen LogP contribution in [0.15, 0.2) is 29.9 Å². The highest BCUT2D eigenvalue weighted by Crippen LogP contribution is 2.43. The summed E-state index contributed by atoms with van der Waals surface area (Å²) in [6.45, 7) is 4.79. The fourth-order valence-electron chi connectivity index (χ4n) is 3.41. The van der Waals surface area contributed by atoms with Crippen LogP contribution in [0.3, 0.4) is 0 Å². The van der Waals surface area contributed by atoms with E-state index in [1.807, 2.05) is 0 Å². The number of hydrogen-bond donors (Lipinski definition) is 0. The maximum Gasteiger partial charge on any atom is 0.308 e. The number of halogens is 2. The highest BCUT2D eigenvalue weighted by molar-refractivity contribution is 6.35. The second-order valence-corrected chi connectivity index (χ2v) is 6.60. The van der Waals surface area contributed by atoms with Gasteiger partial charge in [-0.15, -0.1) is 6.58 Å². The predicted molar refractivity (Wildman–Crippen MR) is 94.6 cm³/mol. The van der Waals surface area contributed by atoms with Gasteiger partial charge in [-0.25, -0.2) is 9.29 Å². The monoisotopic (exact) mass is 377 g/mol. The predicted octanol–water partition coefficient (Wildman–Crippen LogP) is 3.88. The van der Waals surface area contributed by atoms with Crippen LogP contribution in [0.25, 0.3) is 0 Å². The summed E-state index contributed by atoms with van der Waals surface area (Å²) in [6.07, 6.45) is 4.15. The fraction of sp³-hybridized carbons (Fsp3) is 0.316. The maximum absolute atomic E-state index is 14.8. The third-order valence-corrected chi connectivity index (χ3v) is 4.75. The number of imide groups is 1. The molecule has 7 heteroatoms. The van der Waals surface area contributed by atoms with Crippen molar-refractivity contribution < 1.29 is 23.5 Å². The minimum Gasteiger partial charge on any atom is -0.425 e. The lowest BCUT2D eigenvalue weighted by Crippen LogP contribution is -2.33. The van der Waals surface area contributed by atoms with Crippen LogP contribution >= 0.6 is 11.6 Å². The van der Waals surface area contributed by atoms with Crippen molar-refractivity contribution in [2.45, 2.75) is 39.0 Å². The molecule has 5 nitrogen and oxygen atoms in total. The molecule has 26 heavy (non-hydrogen) atoms. The van der Waals surface area contributed by atoms with Crippen LogP contribution in [0.4, 0.5) is 10.1 Å². The normalized spacial score (nSPS) is 16.8. The van der Waals surface area contributed by atoms with Crippen molar-refractivity contribution in [3.63, 3.8) is 0 Å². The van der Waals surface area contributed by atoms with Gasteiger partial charge in [0.2, 0.25) is 0 Å². The van der Waals surface area contributed by atoms with E-state index in [9.17, 15) is 18.8 Å². The Morgan fingerprint density at radius 3 is 2.38 bits per heavy atom. The summed E-state index contributed by atoms with van der Waals surface area (Å²) in [4.78, 5) is 37.8. The Morgan fingerprint density at radius 1 is 1.31 bits per heavy atom. The van der Waals surface area contributed by atoms with E-state index in [-0.39, 0.29) is 28.4 Å². The van der Waals surface area contributed by atoms with E-state index in [2.05, 4.69) is 6.58 Å². The van der Waals surface area contributed by atoms with Crippen LogP contribution in [-0.2, 0) is 20.8 Å². The molecule has 1 aliphatic carbocycles. The molecule has 2 amide bonds. The van der Waals surface area contributed by atoms with Crippen LogP contribution in [0, 0.1) is 5.82 Å². The largest absolute Gasteiger partial charge is 0.425 e. The van der Waals surface area contributed by atoms with Crippen molar-refractivity contribution >= 4 is 35.1 Å². The number of nitrogens with zero attached hydrogens (tertiary/aromatic N) is 1. The van der Waals surface area contributed by atoms with Crippen LogP contribution in [0.1, 0.15) is 38.2 Å². The molecule has 0 bridgehead atoms. The molecule has 3 rings (SSSR count). The van der Waals surface area contributed by atoms with E-state index in [4.69, 9.17) is 16.3 Å². The molecular formula is C19H17ClFNO4. The molecule has 0 atom stereocenters. The number of benzene rings is 1. The molecule has 0 unspecified atom stereocenters. The summed E-state index contributed by atoms with van der Waals surface area (Å²) >= 11 is 6.04. The van der Waals surface area contributed by atoms with E-state index in [0.29, 0.717) is 24.0 Å². The van der Waals surface area contributed by atoms with E-state index in [0.717, 1.165) is 23.8 Å². The molecule has 1 aromatic carbocycles. The lowest BCUT2D eigenvalue weighted by molar-refractivity contribution is -0.132. The van der Waals surface area contributed by atoms with Crippen molar-refractivity contribution in [1.82, 2.24) is 0 Å². The van der Waals surface area contributed by atoms with Crippen molar-refractivity contribution in [1.29, 1.82) is 0 Å². The third kappa shape index (κ3) is 2.94. The molecule has 1 aliphatic heterocycles. The molecular weight excluding hydrogens is 361 g/mol. The van der Waals surface area contributed by atoms with E-state index in [1.165, 1.54) is 13.0 Å². The van der Waals surface area contributed by atoms with E-state index < -0.39 is 23.6 Å². The van der Waals surface area contributed by atoms with E-state index in [1.54, 1.807) is 0 Å². The SMILES string of the molecule is C=CCc1c(OC(C)=O)c(Cl)cc(F)c1N1C(=O)C2=C(CCCC2)C1=O. The molecule has 0 radical (unpaired) electrons. The summed E-state index contributed by atoms with van der Waals surface area (Å²) in [5, 5.41) is -0.116. The molecule has 1 heterocycles. The van der Waals surface area contributed by atoms with Gasteiger partial charge in [-0.1, -0.05) is 17.7 Å². The molecule has 0 fully saturated rings. The number of anilines is 1. The Kier molecular flexibility index (Phi) is 4.96. The number of carbonyl (C=O) groups is 3. The zero-order valence-corrected chi connectivity index (χ0v) is 15.0. The molecule has 0 saturated heterocycles. The van der Waals surface area contributed by atoms with Gasteiger partial charge in [-0.3, -0.25) is 14.4 Å². The molecule has 0 N–H and O–H groups in total. The average Bonchev–Trinajstić information content (AvgIpc) is 2.84. The summed E-state index contributed by atoms with van der Waals surface area (Å²) < 4.78 is 19.9. The average molecular weight is 378 g/mol. The smallest absolute Gasteiger partial charge is 0.308 e. The number of rotatable bonds is 4. The first-order valence-electron chi connectivity index (χ1n) is 8.27. The van der Waals surface area contributed by atoms with E-state index >= 15 is 0 Å². The molecule has 0 saturated carbocycles. The lowest BCUT2D eigenvalue weighted by Gasteiger charge is -2.22. The summed E-state index contributed by atoms with van der Waals surface area (Å²) in [6, 6.07) is 0.944. The first kappa shape index (κ1) is 18.3. The molecule has 0 spiro atoms. The molecule has 136 valence electrons. The first-order chi connectivity index (χ1) is 12.4. The number of carbonyl (C=O) groups excluding carboxylic acids is 3. The van der Waals surface area contributed by atoms with Crippen LogP contribution in [-0.4, -0.2) is 17.8 Å². The number of hydrogen-bond acceptors (Lipinski definition) is 4. The van der Waals surface area contributed by atoms with Crippen LogP contribution in [0.2, 0.25) is 5.02 Å². The molecule has 2 aliphatic rings. The Balaban J connectivity index is 2.18. The number of esters is 1. The standard InChI is InChI=1S/C19H17ClFNO4/c1-3-6-13-16(15(21)9-14(20)17(13)26-10(2)23)22-18(24)11-7-4-5-8-12(11)19(22)25/h3,9H,1,4-8H2,2H3. The van der Waals surface area contributed by atoms with Gasteiger partial charge < -0.3 is 4.74 Å². The zero-order valence-electron chi connectivity index (χ0n) is 14.2. The summed E-state index contributed by atoms with van der Waals surface area (Å²) in [5.74, 6) is -2.59. The second kappa shape index (κ2) is 7.03.